The summed E-state index contributed by atoms with van der Waals surface area (Å²) in [5.41, 5.74) is 3.11. The average molecular weight is 451 g/mol. The lowest BCUT2D eigenvalue weighted by Crippen LogP contribution is -2.13. The van der Waals surface area contributed by atoms with Gasteiger partial charge in [-0.15, -0.1) is 12.4 Å². The molecule has 1 aromatic carbocycles. The highest BCUT2D eigenvalue weighted by molar-refractivity contribution is 9.10. The molecule has 0 saturated heterocycles. The minimum atomic E-state index is 0. The Labute approximate surface area is 173 Å². The van der Waals surface area contributed by atoms with E-state index in [9.17, 15) is 0 Å². The summed E-state index contributed by atoms with van der Waals surface area (Å²) in [7, 11) is 1.64. The van der Waals surface area contributed by atoms with Crippen molar-refractivity contribution in [3.63, 3.8) is 0 Å². The smallest absolute Gasteiger partial charge is 0.175 e. The molecular formula is C20H21BrClN3O2. The molecule has 27 heavy (non-hydrogen) atoms. The van der Waals surface area contributed by atoms with Gasteiger partial charge in [0.2, 0.25) is 0 Å². The summed E-state index contributed by atoms with van der Waals surface area (Å²) in [4.78, 5) is 8.41. The van der Waals surface area contributed by atoms with Gasteiger partial charge in [0, 0.05) is 37.2 Å². The van der Waals surface area contributed by atoms with E-state index in [0.717, 1.165) is 21.3 Å². The topological polar surface area (TPSA) is 56.3 Å². The minimum Gasteiger partial charge on any atom is -0.493 e. The van der Waals surface area contributed by atoms with Crippen LogP contribution in [0.1, 0.15) is 16.8 Å². The Morgan fingerprint density at radius 3 is 2.63 bits per heavy atom. The second kappa shape index (κ2) is 10.9. The van der Waals surface area contributed by atoms with Gasteiger partial charge >= 0.3 is 0 Å². The third kappa shape index (κ3) is 6.20. The van der Waals surface area contributed by atoms with Gasteiger partial charge in [0.25, 0.3) is 0 Å². The Hall–Kier alpha value is -2.15. The standard InChI is InChI=1S/C20H20BrN3O2.ClH/c1-25-19-10-16(12-23-13-17-6-2-3-8-24-17)9-18(21)20(19)26-14-15-5-4-7-22-11-15;/h2-11,23H,12-14H2,1H3;1H. The molecule has 3 aromatic rings. The predicted molar refractivity (Wildman–Crippen MR) is 111 cm³/mol. The molecule has 0 aliphatic carbocycles. The van der Waals surface area contributed by atoms with Gasteiger partial charge in [-0.2, -0.15) is 0 Å². The van der Waals surface area contributed by atoms with Gasteiger partial charge in [-0.3, -0.25) is 9.97 Å². The summed E-state index contributed by atoms with van der Waals surface area (Å²) in [6, 6.07) is 13.8. The second-order valence-corrected chi connectivity index (χ2v) is 6.54. The number of ether oxygens (including phenoxy) is 2. The van der Waals surface area contributed by atoms with Crippen molar-refractivity contribution < 1.29 is 9.47 Å². The lowest BCUT2D eigenvalue weighted by atomic mass is 10.2. The van der Waals surface area contributed by atoms with Crippen LogP contribution in [-0.2, 0) is 19.7 Å². The summed E-state index contributed by atoms with van der Waals surface area (Å²) in [6.45, 7) is 1.84. The summed E-state index contributed by atoms with van der Waals surface area (Å²) < 4.78 is 12.3. The molecule has 0 unspecified atom stereocenters. The number of aromatic nitrogens is 2. The summed E-state index contributed by atoms with van der Waals surface area (Å²) in [5.74, 6) is 1.38. The van der Waals surface area contributed by atoms with Gasteiger partial charge in [0.1, 0.15) is 6.61 Å². The van der Waals surface area contributed by atoms with Crippen molar-refractivity contribution in [2.45, 2.75) is 19.7 Å². The maximum atomic E-state index is 5.93. The monoisotopic (exact) mass is 449 g/mol. The van der Waals surface area contributed by atoms with Crippen molar-refractivity contribution in [1.29, 1.82) is 0 Å². The maximum Gasteiger partial charge on any atom is 0.175 e. The molecule has 0 radical (unpaired) electrons. The molecule has 7 heteroatoms. The van der Waals surface area contributed by atoms with Crippen LogP contribution in [0.5, 0.6) is 11.5 Å². The van der Waals surface area contributed by atoms with Crippen LogP contribution >= 0.6 is 28.3 Å². The van der Waals surface area contributed by atoms with Gasteiger partial charge in [0.15, 0.2) is 11.5 Å². The Balaban J connectivity index is 0.00000261. The minimum absolute atomic E-state index is 0. The Morgan fingerprint density at radius 2 is 1.93 bits per heavy atom. The van der Waals surface area contributed by atoms with E-state index < -0.39 is 0 Å². The molecule has 5 nitrogen and oxygen atoms in total. The normalized spacial score (nSPS) is 10.1. The number of hydrogen-bond acceptors (Lipinski definition) is 5. The molecule has 0 aliphatic rings. The first kappa shape index (κ1) is 21.2. The number of pyridine rings is 2. The van der Waals surface area contributed by atoms with E-state index in [1.807, 2.05) is 42.5 Å². The number of halogens is 2. The predicted octanol–water partition coefficient (Wildman–Crippen LogP) is 4.54. The maximum absolute atomic E-state index is 5.93. The van der Waals surface area contributed by atoms with Crippen LogP contribution in [-0.4, -0.2) is 17.1 Å². The van der Waals surface area contributed by atoms with Crippen molar-refractivity contribution in [3.05, 3.63) is 82.3 Å². The highest BCUT2D eigenvalue weighted by Crippen LogP contribution is 2.37. The zero-order valence-electron chi connectivity index (χ0n) is 14.9. The molecule has 0 spiro atoms. The highest BCUT2D eigenvalue weighted by Gasteiger charge is 2.12. The van der Waals surface area contributed by atoms with Crippen molar-refractivity contribution in [3.8, 4) is 11.5 Å². The number of hydrogen-bond donors (Lipinski definition) is 1. The summed E-state index contributed by atoms with van der Waals surface area (Å²) in [6.07, 6.45) is 5.33. The van der Waals surface area contributed by atoms with Crippen LogP contribution in [0, 0.1) is 0 Å². The van der Waals surface area contributed by atoms with Gasteiger partial charge < -0.3 is 14.8 Å². The van der Waals surface area contributed by atoms with Crippen LogP contribution in [0.2, 0.25) is 0 Å². The first-order valence-corrected chi connectivity index (χ1v) is 9.04. The molecule has 0 bridgehead atoms. The van der Waals surface area contributed by atoms with E-state index in [1.165, 1.54) is 0 Å². The van der Waals surface area contributed by atoms with E-state index in [-0.39, 0.29) is 12.4 Å². The van der Waals surface area contributed by atoms with Crippen molar-refractivity contribution >= 4 is 28.3 Å². The molecule has 0 saturated carbocycles. The summed E-state index contributed by atoms with van der Waals surface area (Å²) in [5, 5.41) is 3.39. The van der Waals surface area contributed by atoms with Crippen molar-refractivity contribution in [1.82, 2.24) is 15.3 Å². The van der Waals surface area contributed by atoms with E-state index in [4.69, 9.17) is 9.47 Å². The first-order valence-electron chi connectivity index (χ1n) is 8.25. The van der Waals surface area contributed by atoms with Crippen LogP contribution in [0.4, 0.5) is 0 Å². The fraction of sp³-hybridized carbons (Fsp3) is 0.200. The van der Waals surface area contributed by atoms with Gasteiger partial charge in [-0.25, -0.2) is 0 Å². The third-order valence-corrected chi connectivity index (χ3v) is 4.35. The molecule has 0 atom stereocenters. The Bertz CT molecular complexity index is 835. The fourth-order valence-electron chi connectivity index (χ4n) is 2.49. The zero-order valence-corrected chi connectivity index (χ0v) is 17.3. The fourth-order valence-corrected chi connectivity index (χ4v) is 3.10. The van der Waals surface area contributed by atoms with Crippen LogP contribution in [0.15, 0.2) is 65.5 Å². The molecule has 142 valence electrons. The molecule has 2 aromatic heterocycles. The molecule has 0 fully saturated rings. The third-order valence-electron chi connectivity index (χ3n) is 3.76. The van der Waals surface area contributed by atoms with Crippen LogP contribution in [0.3, 0.4) is 0 Å². The number of rotatable bonds is 8. The quantitative estimate of drug-likeness (QED) is 0.546. The van der Waals surface area contributed by atoms with Gasteiger partial charge in [-0.05, 0) is 51.8 Å². The summed E-state index contributed by atoms with van der Waals surface area (Å²) >= 11 is 3.59. The van der Waals surface area contributed by atoms with E-state index >= 15 is 0 Å². The molecule has 0 amide bonds. The average Bonchev–Trinajstić information content (AvgIpc) is 2.68. The van der Waals surface area contributed by atoms with E-state index in [1.54, 1.807) is 25.7 Å². The Morgan fingerprint density at radius 1 is 1.04 bits per heavy atom. The van der Waals surface area contributed by atoms with E-state index in [2.05, 4.69) is 31.2 Å². The van der Waals surface area contributed by atoms with Gasteiger partial charge in [-0.1, -0.05) is 12.1 Å². The molecule has 0 aliphatic heterocycles. The van der Waals surface area contributed by atoms with Gasteiger partial charge in [0.05, 0.1) is 17.3 Å². The van der Waals surface area contributed by atoms with Crippen LogP contribution < -0.4 is 14.8 Å². The number of nitrogens with one attached hydrogen (secondary N) is 1. The molecule has 1 N–H and O–H groups in total. The lowest BCUT2D eigenvalue weighted by molar-refractivity contribution is 0.282. The Kier molecular flexibility index (Phi) is 8.51. The highest BCUT2D eigenvalue weighted by atomic mass is 79.9. The lowest BCUT2D eigenvalue weighted by Gasteiger charge is -2.15. The largest absolute Gasteiger partial charge is 0.493 e. The van der Waals surface area contributed by atoms with Crippen LogP contribution in [0.25, 0.3) is 0 Å². The number of benzene rings is 1. The number of methoxy groups -OCH3 is 1. The first-order chi connectivity index (χ1) is 12.8. The molecule has 3 rings (SSSR count). The zero-order chi connectivity index (χ0) is 18.2. The molecule has 2 heterocycles. The van der Waals surface area contributed by atoms with Crippen molar-refractivity contribution in [2.75, 3.05) is 7.11 Å². The molecular weight excluding hydrogens is 430 g/mol. The SMILES string of the molecule is COc1cc(CNCc2ccccn2)cc(Br)c1OCc1cccnc1.Cl. The van der Waals surface area contributed by atoms with E-state index in [0.29, 0.717) is 31.2 Å². The second-order valence-electron chi connectivity index (χ2n) is 5.68. The number of nitrogens with zero attached hydrogens (tertiary/aromatic N) is 2. The van der Waals surface area contributed by atoms with Crippen molar-refractivity contribution in [2.24, 2.45) is 0 Å².